The molecule has 0 amide bonds. The van der Waals surface area contributed by atoms with Crippen molar-refractivity contribution in [1.29, 1.82) is 0 Å². The topological polar surface area (TPSA) is 54.7 Å². The van der Waals surface area contributed by atoms with E-state index >= 15 is 0 Å². The van der Waals surface area contributed by atoms with Gasteiger partial charge in [0.05, 0.1) is 0 Å². The Kier molecular flexibility index (Phi) is 3.69. The van der Waals surface area contributed by atoms with Crippen molar-refractivity contribution in [3.05, 3.63) is 47.5 Å². The van der Waals surface area contributed by atoms with Crippen molar-refractivity contribution in [2.45, 2.75) is 57.8 Å². The number of benzene rings is 1. The fraction of sp³-hybridized carbons (Fsp3) is 0.565. The largest absolute Gasteiger partial charge is 0.361 e. The van der Waals surface area contributed by atoms with Gasteiger partial charge < -0.3 is 9.51 Å². The molecular formula is C23H26FN3O. The van der Waals surface area contributed by atoms with E-state index in [0.29, 0.717) is 17.7 Å². The van der Waals surface area contributed by atoms with Gasteiger partial charge in [-0.1, -0.05) is 5.16 Å². The van der Waals surface area contributed by atoms with E-state index in [-0.39, 0.29) is 5.82 Å². The summed E-state index contributed by atoms with van der Waals surface area (Å²) < 4.78 is 19.1. The van der Waals surface area contributed by atoms with Gasteiger partial charge in [-0.2, -0.15) is 4.98 Å². The van der Waals surface area contributed by atoms with Crippen molar-refractivity contribution in [2.24, 2.45) is 23.2 Å². The van der Waals surface area contributed by atoms with Crippen LogP contribution in [-0.2, 0) is 19.3 Å². The summed E-state index contributed by atoms with van der Waals surface area (Å²) in [4.78, 5) is 7.93. The first-order valence-corrected chi connectivity index (χ1v) is 10.7. The van der Waals surface area contributed by atoms with Crippen molar-refractivity contribution < 1.29 is 8.91 Å². The van der Waals surface area contributed by atoms with Crippen LogP contribution in [0.15, 0.2) is 28.9 Å². The molecule has 0 aliphatic heterocycles. The molecule has 4 aliphatic rings. The highest BCUT2D eigenvalue weighted by atomic mass is 19.1. The Balaban J connectivity index is 1.15. The first-order valence-electron chi connectivity index (χ1n) is 10.7. The quantitative estimate of drug-likeness (QED) is 0.660. The Bertz CT molecular complexity index is 985. The first kappa shape index (κ1) is 16.8. The average Bonchev–Trinajstić information content (AvgIpc) is 3.24. The second kappa shape index (κ2) is 6.16. The van der Waals surface area contributed by atoms with Crippen molar-refractivity contribution in [3.8, 4) is 0 Å². The number of rotatable bonds is 5. The summed E-state index contributed by atoms with van der Waals surface area (Å²) in [5.74, 6) is 4.22. The number of nitrogens with zero attached hydrogens (tertiary/aromatic N) is 2. The van der Waals surface area contributed by atoms with E-state index in [0.717, 1.165) is 52.9 Å². The molecule has 2 aromatic heterocycles. The molecule has 1 aromatic carbocycles. The molecule has 4 fully saturated rings. The van der Waals surface area contributed by atoms with Gasteiger partial charge in [0.25, 0.3) is 0 Å². The summed E-state index contributed by atoms with van der Waals surface area (Å²) in [5, 5.41) is 5.25. The molecule has 5 heteroatoms. The summed E-state index contributed by atoms with van der Waals surface area (Å²) in [6.07, 6.45) is 12.9. The van der Waals surface area contributed by atoms with Crippen molar-refractivity contribution in [3.63, 3.8) is 0 Å². The Morgan fingerprint density at radius 1 is 1.07 bits per heavy atom. The van der Waals surface area contributed by atoms with Crippen LogP contribution in [0.5, 0.6) is 0 Å². The fourth-order valence-corrected chi connectivity index (χ4v) is 6.90. The summed E-state index contributed by atoms with van der Waals surface area (Å²) in [7, 11) is 0. The highest BCUT2D eigenvalue weighted by Crippen LogP contribution is 2.60. The van der Waals surface area contributed by atoms with Crippen molar-refractivity contribution in [2.75, 3.05) is 0 Å². The third-order valence-corrected chi connectivity index (χ3v) is 7.55. The SMILES string of the molecule is Fc1ccc2[nH]cc(CCc3nc(CC45CC6CC(CC(C6)C4)C5)no3)c2c1. The molecule has 0 saturated heterocycles. The average molecular weight is 379 g/mol. The van der Waals surface area contributed by atoms with E-state index in [1.54, 1.807) is 12.1 Å². The number of hydrogen-bond acceptors (Lipinski definition) is 3. The maximum atomic E-state index is 13.6. The van der Waals surface area contributed by atoms with Crippen LogP contribution < -0.4 is 0 Å². The Morgan fingerprint density at radius 3 is 2.57 bits per heavy atom. The zero-order valence-electron chi connectivity index (χ0n) is 16.1. The lowest BCUT2D eigenvalue weighted by Gasteiger charge is -2.56. The van der Waals surface area contributed by atoms with E-state index < -0.39 is 0 Å². The van der Waals surface area contributed by atoms with Crippen LogP contribution >= 0.6 is 0 Å². The molecule has 4 aliphatic carbocycles. The van der Waals surface area contributed by atoms with Crippen LogP contribution in [0.1, 0.15) is 55.8 Å². The lowest BCUT2D eigenvalue weighted by molar-refractivity contribution is -0.0533. The Labute approximate surface area is 163 Å². The third kappa shape index (κ3) is 2.87. The maximum Gasteiger partial charge on any atom is 0.226 e. The van der Waals surface area contributed by atoms with Crippen LogP contribution in [-0.4, -0.2) is 15.1 Å². The Hall–Kier alpha value is -2.17. The van der Waals surface area contributed by atoms with Gasteiger partial charge in [0.15, 0.2) is 5.82 Å². The van der Waals surface area contributed by atoms with Crippen LogP contribution in [0.4, 0.5) is 4.39 Å². The molecule has 4 bridgehead atoms. The number of H-pyrrole nitrogens is 1. The van der Waals surface area contributed by atoms with E-state index in [4.69, 9.17) is 9.51 Å². The predicted molar refractivity (Wildman–Crippen MR) is 104 cm³/mol. The Morgan fingerprint density at radius 2 is 1.82 bits per heavy atom. The molecular weight excluding hydrogens is 353 g/mol. The molecule has 28 heavy (non-hydrogen) atoms. The molecule has 4 nitrogen and oxygen atoms in total. The number of aromatic amines is 1. The van der Waals surface area contributed by atoms with Gasteiger partial charge in [-0.25, -0.2) is 4.39 Å². The van der Waals surface area contributed by atoms with Gasteiger partial charge in [0.1, 0.15) is 5.82 Å². The van der Waals surface area contributed by atoms with E-state index in [1.807, 2.05) is 6.20 Å². The molecule has 7 rings (SSSR count). The van der Waals surface area contributed by atoms with Gasteiger partial charge in [0, 0.05) is 29.9 Å². The smallest absolute Gasteiger partial charge is 0.226 e. The highest BCUT2D eigenvalue weighted by Gasteiger charge is 2.51. The number of fused-ring (bicyclic) bond motifs is 1. The number of aromatic nitrogens is 3. The maximum absolute atomic E-state index is 13.6. The van der Waals surface area contributed by atoms with Crippen LogP contribution in [0, 0.1) is 29.0 Å². The van der Waals surface area contributed by atoms with Gasteiger partial charge in [0.2, 0.25) is 5.89 Å². The van der Waals surface area contributed by atoms with E-state index in [9.17, 15) is 4.39 Å². The standard InChI is InChI=1S/C23H26FN3O/c24-18-2-3-20-19(8-18)17(13-25-20)1-4-22-26-21(27-28-22)12-23-9-14-5-15(10-23)7-16(6-14)11-23/h2-3,8,13-16,25H,1,4-7,9-12H2. The van der Waals surface area contributed by atoms with E-state index in [2.05, 4.69) is 10.1 Å². The molecule has 4 saturated carbocycles. The second-order valence-electron chi connectivity index (χ2n) is 9.70. The number of aryl methyl sites for hydroxylation is 2. The normalized spacial score (nSPS) is 31.1. The van der Waals surface area contributed by atoms with Crippen molar-refractivity contribution in [1.82, 2.24) is 15.1 Å². The van der Waals surface area contributed by atoms with Gasteiger partial charge in [-0.3, -0.25) is 0 Å². The minimum Gasteiger partial charge on any atom is -0.361 e. The van der Waals surface area contributed by atoms with Crippen LogP contribution in [0.2, 0.25) is 0 Å². The predicted octanol–water partition coefficient (Wildman–Crippen LogP) is 5.23. The van der Waals surface area contributed by atoms with E-state index in [1.165, 1.54) is 44.6 Å². The molecule has 2 heterocycles. The minimum atomic E-state index is -0.205. The molecule has 1 N–H and O–H groups in total. The summed E-state index contributed by atoms with van der Waals surface area (Å²) in [5.41, 5.74) is 2.49. The molecule has 0 atom stereocenters. The highest BCUT2D eigenvalue weighted by molar-refractivity contribution is 5.83. The second-order valence-corrected chi connectivity index (χ2v) is 9.70. The monoisotopic (exact) mass is 379 g/mol. The van der Waals surface area contributed by atoms with Gasteiger partial charge in [-0.05, 0) is 91.9 Å². The van der Waals surface area contributed by atoms with Crippen LogP contribution in [0.25, 0.3) is 10.9 Å². The first-order chi connectivity index (χ1) is 13.6. The molecule has 0 spiro atoms. The fourth-order valence-electron chi connectivity index (χ4n) is 6.90. The summed E-state index contributed by atoms with van der Waals surface area (Å²) >= 11 is 0. The van der Waals surface area contributed by atoms with Gasteiger partial charge in [-0.15, -0.1) is 0 Å². The molecule has 0 unspecified atom stereocenters. The zero-order valence-corrected chi connectivity index (χ0v) is 16.1. The number of nitrogens with one attached hydrogen (secondary N) is 1. The third-order valence-electron chi connectivity index (χ3n) is 7.55. The molecule has 0 radical (unpaired) electrons. The van der Waals surface area contributed by atoms with Crippen molar-refractivity contribution >= 4 is 10.9 Å². The number of halogens is 1. The zero-order chi connectivity index (χ0) is 18.7. The molecule has 3 aromatic rings. The minimum absolute atomic E-state index is 0.205. The van der Waals surface area contributed by atoms with Gasteiger partial charge >= 0.3 is 0 Å². The van der Waals surface area contributed by atoms with Crippen LogP contribution in [0.3, 0.4) is 0 Å². The summed E-state index contributed by atoms with van der Waals surface area (Å²) in [6.45, 7) is 0. The molecule has 146 valence electrons. The lowest BCUT2D eigenvalue weighted by Crippen LogP contribution is -2.47. The lowest BCUT2D eigenvalue weighted by atomic mass is 9.49. The number of hydrogen-bond donors (Lipinski definition) is 1. The summed E-state index contributed by atoms with van der Waals surface area (Å²) in [6, 6.07) is 4.86.